The third-order valence-electron chi connectivity index (χ3n) is 13.2. The fourth-order valence-electron chi connectivity index (χ4n) is 8.54. The number of carbonyl (C=O) groups excluding carboxylic acids is 3. The molecule has 6 heteroatoms. The zero-order valence-electron chi connectivity index (χ0n) is 42.3. The second-order valence-corrected chi connectivity index (χ2v) is 19.5. The van der Waals surface area contributed by atoms with Gasteiger partial charge in [-0.05, 0) is 25.2 Å². The molecule has 0 aliphatic rings. The van der Waals surface area contributed by atoms with Crippen LogP contribution in [0.5, 0.6) is 0 Å². The lowest BCUT2D eigenvalue weighted by Gasteiger charge is -2.18. The molecule has 0 aromatic heterocycles. The van der Waals surface area contributed by atoms with Crippen LogP contribution in [-0.4, -0.2) is 37.2 Å². The standard InChI is InChI=1S/C56H108O6/c1-5-8-10-12-14-16-18-20-22-24-25-27-28-30-32-34-39-43-47-54(57)60-50-53(51-61-55(58)48-44-40-37-36-38-42-46-52(4)7-3)62-56(59)49-45-41-35-33-31-29-26-23-21-19-17-15-13-11-9-6-2/h52-53H,5-51H2,1-4H3/t52?,53-/m0/s1. The molecule has 0 aliphatic heterocycles. The van der Waals surface area contributed by atoms with Crippen molar-refractivity contribution in [3.05, 3.63) is 0 Å². The average molecular weight is 877 g/mol. The first-order valence-electron chi connectivity index (χ1n) is 27.9. The van der Waals surface area contributed by atoms with Gasteiger partial charge in [0.2, 0.25) is 0 Å². The highest BCUT2D eigenvalue weighted by Gasteiger charge is 2.19. The predicted molar refractivity (Wildman–Crippen MR) is 266 cm³/mol. The van der Waals surface area contributed by atoms with Crippen LogP contribution in [0, 0.1) is 5.92 Å². The molecule has 0 heterocycles. The Kier molecular flexibility index (Phi) is 49.1. The minimum Gasteiger partial charge on any atom is -0.462 e. The number of rotatable bonds is 51. The van der Waals surface area contributed by atoms with Crippen molar-refractivity contribution in [2.45, 2.75) is 323 Å². The van der Waals surface area contributed by atoms with Crippen LogP contribution < -0.4 is 0 Å². The molecule has 1 unspecified atom stereocenters. The zero-order chi connectivity index (χ0) is 45.2. The highest BCUT2D eigenvalue weighted by Crippen LogP contribution is 2.18. The lowest BCUT2D eigenvalue weighted by atomic mass is 10.00. The number of esters is 3. The van der Waals surface area contributed by atoms with Gasteiger partial charge in [0, 0.05) is 19.3 Å². The number of carbonyl (C=O) groups is 3. The molecule has 0 rings (SSSR count). The lowest BCUT2D eigenvalue weighted by Crippen LogP contribution is -2.30. The second kappa shape index (κ2) is 50.4. The van der Waals surface area contributed by atoms with Crippen molar-refractivity contribution in [3.63, 3.8) is 0 Å². The van der Waals surface area contributed by atoms with Crippen molar-refractivity contribution < 1.29 is 28.6 Å². The van der Waals surface area contributed by atoms with Gasteiger partial charge in [0.25, 0.3) is 0 Å². The molecule has 0 radical (unpaired) electrons. The van der Waals surface area contributed by atoms with Crippen molar-refractivity contribution in [2.24, 2.45) is 5.92 Å². The van der Waals surface area contributed by atoms with Gasteiger partial charge in [0.15, 0.2) is 6.10 Å². The van der Waals surface area contributed by atoms with Crippen molar-refractivity contribution >= 4 is 17.9 Å². The van der Waals surface area contributed by atoms with Crippen molar-refractivity contribution in [2.75, 3.05) is 13.2 Å². The van der Waals surface area contributed by atoms with Crippen LogP contribution in [-0.2, 0) is 28.6 Å². The predicted octanol–water partition coefficient (Wildman–Crippen LogP) is 18.2. The van der Waals surface area contributed by atoms with E-state index in [0.29, 0.717) is 19.3 Å². The monoisotopic (exact) mass is 877 g/mol. The summed E-state index contributed by atoms with van der Waals surface area (Å²) in [4.78, 5) is 38.0. The Bertz CT molecular complexity index is 935. The first-order valence-corrected chi connectivity index (χ1v) is 27.9. The van der Waals surface area contributed by atoms with Crippen LogP contribution in [0.1, 0.15) is 317 Å². The summed E-state index contributed by atoms with van der Waals surface area (Å²) in [6, 6.07) is 0. The van der Waals surface area contributed by atoms with E-state index in [0.717, 1.165) is 63.7 Å². The fraction of sp³-hybridized carbons (Fsp3) is 0.946. The number of ether oxygens (including phenoxy) is 3. The molecule has 0 N–H and O–H groups in total. The van der Waals surface area contributed by atoms with E-state index in [2.05, 4.69) is 27.7 Å². The Balaban J connectivity index is 4.25. The van der Waals surface area contributed by atoms with E-state index >= 15 is 0 Å². The van der Waals surface area contributed by atoms with E-state index < -0.39 is 6.10 Å². The lowest BCUT2D eigenvalue weighted by molar-refractivity contribution is -0.167. The summed E-state index contributed by atoms with van der Waals surface area (Å²) in [5.74, 6) is -0.0283. The number of hydrogen-bond acceptors (Lipinski definition) is 6. The molecule has 0 fully saturated rings. The SMILES string of the molecule is CCCCCCCCCCCCCCCCCCCCC(=O)OC[C@@H](COC(=O)CCCCCCCCC(C)CC)OC(=O)CCCCCCCCCCCCCCCCCC. The molecule has 2 atom stereocenters. The third-order valence-corrected chi connectivity index (χ3v) is 13.2. The van der Waals surface area contributed by atoms with Crippen LogP contribution in [0.4, 0.5) is 0 Å². The number of hydrogen-bond donors (Lipinski definition) is 0. The minimum atomic E-state index is -0.762. The van der Waals surface area contributed by atoms with Crippen LogP contribution in [0.3, 0.4) is 0 Å². The maximum atomic E-state index is 12.8. The number of unbranched alkanes of at least 4 members (excludes halogenated alkanes) is 37. The van der Waals surface area contributed by atoms with Gasteiger partial charge in [-0.15, -0.1) is 0 Å². The molecule has 0 aliphatic carbocycles. The Morgan fingerprint density at radius 1 is 0.323 bits per heavy atom. The molecule has 0 amide bonds. The van der Waals surface area contributed by atoms with Gasteiger partial charge in [0.05, 0.1) is 0 Å². The van der Waals surface area contributed by atoms with E-state index in [-0.39, 0.29) is 31.1 Å². The Morgan fingerprint density at radius 2 is 0.565 bits per heavy atom. The Labute approximate surface area is 387 Å². The molecule has 0 aromatic carbocycles. The fourth-order valence-corrected chi connectivity index (χ4v) is 8.54. The van der Waals surface area contributed by atoms with E-state index in [1.165, 1.54) is 212 Å². The van der Waals surface area contributed by atoms with Gasteiger partial charge < -0.3 is 14.2 Å². The molecule has 368 valence electrons. The Hall–Kier alpha value is -1.59. The summed E-state index contributed by atoms with van der Waals surface area (Å²) in [6.45, 7) is 9.02. The maximum absolute atomic E-state index is 12.8. The Morgan fingerprint density at radius 3 is 0.839 bits per heavy atom. The second-order valence-electron chi connectivity index (χ2n) is 19.5. The summed E-state index contributed by atoms with van der Waals surface area (Å²) in [7, 11) is 0. The normalized spacial score (nSPS) is 12.4. The van der Waals surface area contributed by atoms with E-state index in [4.69, 9.17) is 14.2 Å². The third kappa shape index (κ3) is 47.9. The van der Waals surface area contributed by atoms with Gasteiger partial charge in [-0.2, -0.15) is 0 Å². The highest BCUT2D eigenvalue weighted by molar-refractivity contribution is 5.71. The zero-order valence-corrected chi connectivity index (χ0v) is 42.3. The van der Waals surface area contributed by atoms with Crippen LogP contribution in [0.15, 0.2) is 0 Å². The molecule has 0 bridgehead atoms. The maximum Gasteiger partial charge on any atom is 0.306 e. The van der Waals surface area contributed by atoms with E-state index in [9.17, 15) is 14.4 Å². The molecular formula is C56H108O6. The summed E-state index contributed by atoms with van der Waals surface area (Å²) in [6.07, 6.45) is 53.8. The molecular weight excluding hydrogens is 769 g/mol. The van der Waals surface area contributed by atoms with Crippen LogP contribution in [0.2, 0.25) is 0 Å². The minimum absolute atomic E-state index is 0.0630. The van der Waals surface area contributed by atoms with Gasteiger partial charge in [0.1, 0.15) is 13.2 Å². The van der Waals surface area contributed by atoms with Gasteiger partial charge in [-0.25, -0.2) is 0 Å². The quantitative estimate of drug-likeness (QED) is 0.0344. The smallest absolute Gasteiger partial charge is 0.306 e. The highest BCUT2D eigenvalue weighted by atomic mass is 16.6. The van der Waals surface area contributed by atoms with Gasteiger partial charge in [-0.3, -0.25) is 14.4 Å². The summed E-state index contributed by atoms with van der Waals surface area (Å²) in [5.41, 5.74) is 0. The van der Waals surface area contributed by atoms with Crippen LogP contribution >= 0.6 is 0 Å². The van der Waals surface area contributed by atoms with Crippen molar-refractivity contribution in [1.29, 1.82) is 0 Å². The molecule has 0 aromatic rings. The van der Waals surface area contributed by atoms with Crippen molar-refractivity contribution in [3.8, 4) is 0 Å². The van der Waals surface area contributed by atoms with E-state index in [1.54, 1.807) is 0 Å². The topological polar surface area (TPSA) is 78.9 Å². The average Bonchev–Trinajstić information content (AvgIpc) is 3.27. The summed E-state index contributed by atoms with van der Waals surface area (Å²) >= 11 is 0. The van der Waals surface area contributed by atoms with Gasteiger partial charge in [-0.1, -0.05) is 278 Å². The summed E-state index contributed by atoms with van der Waals surface area (Å²) < 4.78 is 16.8. The molecule has 0 spiro atoms. The van der Waals surface area contributed by atoms with Crippen LogP contribution in [0.25, 0.3) is 0 Å². The first-order chi connectivity index (χ1) is 30.4. The first kappa shape index (κ1) is 60.4. The molecule has 62 heavy (non-hydrogen) atoms. The molecule has 0 saturated carbocycles. The van der Waals surface area contributed by atoms with E-state index in [1.807, 2.05) is 0 Å². The largest absolute Gasteiger partial charge is 0.462 e. The molecule has 0 saturated heterocycles. The molecule has 6 nitrogen and oxygen atoms in total. The van der Waals surface area contributed by atoms with Crippen molar-refractivity contribution in [1.82, 2.24) is 0 Å². The van der Waals surface area contributed by atoms with Gasteiger partial charge >= 0.3 is 17.9 Å². The summed E-state index contributed by atoms with van der Waals surface area (Å²) in [5, 5.41) is 0.